The maximum atomic E-state index is 12.4. The number of hydrogen-bond acceptors (Lipinski definition) is 7. The Morgan fingerprint density at radius 2 is 1.35 bits per heavy atom. The van der Waals surface area contributed by atoms with Crippen LogP contribution in [0.2, 0.25) is 0 Å². The van der Waals surface area contributed by atoms with Crippen molar-refractivity contribution in [2.75, 3.05) is 20.3 Å². The van der Waals surface area contributed by atoms with E-state index in [9.17, 15) is 9.59 Å². The van der Waals surface area contributed by atoms with Crippen molar-refractivity contribution in [2.24, 2.45) is 0 Å². The second kappa shape index (κ2) is 13.6. The molecule has 3 aromatic carbocycles. The van der Waals surface area contributed by atoms with Crippen molar-refractivity contribution in [3.8, 4) is 28.7 Å². The summed E-state index contributed by atoms with van der Waals surface area (Å²) in [6.45, 7) is 7.05. The van der Waals surface area contributed by atoms with Crippen molar-refractivity contribution in [2.45, 2.75) is 57.6 Å². The van der Waals surface area contributed by atoms with Crippen LogP contribution in [0.5, 0.6) is 28.7 Å². The third-order valence-electron chi connectivity index (χ3n) is 6.73. The van der Waals surface area contributed by atoms with Crippen LogP contribution in [0.3, 0.4) is 0 Å². The lowest BCUT2D eigenvalue weighted by molar-refractivity contribution is -0.121. The van der Waals surface area contributed by atoms with Crippen LogP contribution in [0.25, 0.3) is 0 Å². The van der Waals surface area contributed by atoms with E-state index in [4.69, 9.17) is 18.9 Å². The number of benzene rings is 3. The Bertz CT molecular complexity index is 1330. The van der Waals surface area contributed by atoms with Gasteiger partial charge in [-0.3, -0.25) is 14.9 Å². The Kier molecular flexibility index (Phi) is 9.98. The minimum absolute atomic E-state index is 0.279. The summed E-state index contributed by atoms with van der Waals surface area (Å²) in [5, 5.41) is 2.08. The molecule has 1 aliphatic rings. The molecular weight excluding hydrogens is 526 g/mol. The van der Waals surface area contributed by atoms with Gasteiger partial charge in [0, 0.05) is 6.42 Å². The lowest BCUT2D eigenvalue weighted by atomic mass is 9.95. The van der Waals surface area contributed by atoms with Crippen LogP contribution in [0, 0.1) is 0 Å². The summed E-state index contributed by atoms with van der Waals surface area (Å²) in [4.78, 5) is 24.2. The summed E-state index contributed by atoms with van der Waals surface area (Å²) in [7, 11) is 1.64. The molecule has 4 rings (SSSR count). The monoisotopic (exact) mass is 563 g/mol. The highest BCUT2D eigenvalue weighted by molar-refractivity contribution is 8.15. The molecule has 1 fully saturated rings. The molecule has 0 saturated carbocycles. The molecule has 0 aromatic heterocycles. The van der Waals surface area contributed by atoms with E-state index in [1.54, 1.807) is 14.0 Å². The van der Waals surface area contributed by atoms with Crippen LogP contribution in [0.1, 0.15) is 56.7 Å². The molecule has 212 valence electrons. The van der Waals surface area contributed by atoms with Gasteiger partial charge in [0.05, 0.1) is 20.3 Å². The second-order valence-corrected chi connectivity index (χ2v) is 11.2. The van der Waals surface area contributed by atoms with Crippen molar-refractivity contribution in [3.05, 3.63) is 77.4 Å². The number of hydrogen-bond donors (Lipinski definition) is 1. The number of amides is 2. The number of nitrogens with one attached hydrogen (secondary N) is 1. The van der Waals surface area contributed by atoms with E-state index in [0.717, 1.165) is 82.9 Å². The largest absolute Gasteiger partial charge is 0.497 e. The lowest BCUT2D eigenvalue weighted by Crippen LogP contribution is -2.31. The zero-order valence-electron chi connectivity index (χ0n) is 23.6. The molecule has 3 aromatic rings. The summed E-state index contributed by atoms with van der Waals surface area (Å²) >= 11 is 1.02. The van der Waals surface area contributed by atoms with E-state index >= 15 is 0 Å². The second-order valence-electron chi connectivity index (χ2n) is 9.80. The van der Waals surface area contributed by atoms with Gasteiger partial charge in [-0.05, 0) is 96.7 Å². The first kappa shape index (κ1) is 29.3. The Hall–Kier alpha value is -3.65. The molecule has 1 aliphatic heterocycles. The van der Waals surface area contributed by atoms with Crippen LogP contribution in [0.15, 0.2) is 60.7 Å². The third kappa shape index (κ3) is 7.10. The Balaban J connectivity index is 1.33. The van der Waals surface area contributed by atoms with E-state index in [-0.39, 0.29) is 11.1 Å². The number of carbonyl (C=O) groups excluding carboxylic acids is 2. The summed E-state index contributed by atoms with van der Waals surface area (Å²) in [5.41, 5.74) is 2.95. The highest BCUT2D eigenvalue weighted by Gasteiger charge is 2.45. The van der Waals surface area contributed by atoms with Crippen molar-refractivity contribution in [1.29, 1.82) is 0 Å². The molecule has 0 spiro atoms. The molecule has 1 saturated heterocycles. The third-order valence-corrected chi connectivity index (χ3v) is 7.84. The number of methoxy groups -OCH3 is 1. The first-order chi connectivity index (χ1) is 19.4. The molecule has 1 heterocycles. The summed E-state index contributed by atoms with van der Waals surface area (Å²) in [5.74, 6) is 3.68. The summed E-state index contributed by atoms with van der Waals surface area (Å²) < 4.78 is 22.6. The number of ether oxygens (including phenoxy) is 4. The zero-order chi connectivity index (χ0) is 28.5. The van der Waals surface area contributed by atoms with Gasteiger partial charge >= 0.3 is 0 Å². The predicted octanol–water partition coefficient (Wildman–Crippen LogP) is 7.44. The molecule has 40 heavy (non-hydrogen) atoms. The maximum Gasteiger partial charge on any atom is 0.287 e. The first-order valence-corrected chi connectivity index (χ1v) is 14.6. The first-order valence-electron chi connectivity index (χ1n) is 13.7. The number of thioether (sulfide) groups is 1. The van der Waals surface area contributed by atoms with Gasteiger partial charge in [-0.25, -0.2) is 0 Å². The van der Waals surface area contributed by atoms with Crippen molar-refractivity contribution < 1.29 is 28.5 Å². The van der Waals surface area contributed by atoms with Crippen molar-refractivity contribution in [1.82, 2.24) is 5.32 Å². The van der Waals surface area contributed by atoms with Crippen molar-refractivity contribution in [3.63, 3.8) is 0 Å². The average molecular weight is 564 g/mol. The van der Waals surface area contributed by atoms with Gasteiger partial charge in [-0.2, -0.15) is 0 Å². The van der Waals surface area contributed by atoms with Crippen LogP contribution in [0.4, 0.5) is 4.79 Å². The van der Waals surface area contributed by atoms with E-state index in [0.29, 0.717) is 19.6 Å². The van der Waals surface area contributed by atoms with E-state index in [1.807, 2.05) is 60.7 Å². The highest BCUT2D eigenvalue weighted by atomic mass is 32.2. The SMILES string of the molecule is CCCc1cc(Oc2ccc(OC)cc2)ccc1OCCCOc1ccc(C2(C)SC(=O)NC2=O)cc1CCC. The topological polar surface area (TPSA) is 83.1 Å². The van der Waals surface area contributed by atoms with Crippen LogP contribution < -0.4 is 24.3 Å². The van der Waals surface area contributed by atoms with Gasteiger partial charge in [0.2, 0.25) is 5.91 Å². The van der Waals surface area contributed by atoms with E-state index in [1.165, 1.54) is 0 Å². The molecular formula is C32H37NO6S. The number of imide groups is 1. The minimum atomic E-state index is -0.919. The molecule has 1 unspecified atom stereocenters. The standard InChI is InChI=1S/C32H37NO6S/c1-5-8-22-20-24(32(3)30(34)33-31(35)40-32)10-16-28(22)37-18-7-19-38-29-17-15-27(21-23(29)9-6-2)39-26-13-11-25(36-4)12-14-26/h10-17,20-21H,5-9,18-19H2,1-4H3,(H,33,34,35). The van der Waals surface area contributed by atoms with Gasteiger partial charge in [0.1, 0.15) is 33.5 Å². The molecule has 0 bridgehead atoms. The number of carbonyl (C=O) groups is 2. The van der Waals surface area contributed by atoms with Crippen LogP contribution >= 0.6 is 11.8 Å². The van der Waals surface area contributed by atoms with E-state index in [2.05, 4.69) is 19.2 Å². The van der Waals surface area contributed by atoms with Gasteiger partial charge in [0.15, 0.2) is 0 Å². The number of rotatable bonds is 14. The molecule has 1 atom stereocenters. The lowest BCUT2D eigenvalue weighted by Gasteiger charge is -2.21. The number of aryl methyl sites for hydroxylation is 2. The zero-order valence-corrected chi connectivity index (χ0v) is 24.4. The fourth-order valence-electron chi connectivity index (χ4n) is 4.57. The average Bonchev–Trinajstić information content (AvgIpc) is 3.22. The Morgan fingerprint density at radius 1 is 0.775 bits per heavy atom. The predicted molar refractivity (Wildman–Crippen MR) is 158 cm³/mol. The molecule has 8 heteroatoms. The normalized spacial score (nSPS) is 16.5. The van der Waals surface area contributed by atoms with Gasteiger partial charge in [0.25, 0.3) is 5.24 Å². The molecule has 0 radical (unpaired) electrons. The summed E-state index contributed by atoms with van der Waals surface area (Å²) in [6, 6.07) is 19.2. The molecule has 1 N–H and O–H groups in total. The van der Waals surface area contributed by atoms with Crippen LogP contribution in [-0.4, -0.2) is 31.5 Å². The van der Waals surface area contributed by atoms with Crippen LogP contribution in [-0.2, 0) is 22.4 Å². The Morgan fingerprint density at radius 3 is 1.93 bits per heavy atom. The fraction of sp³-hybridized carbons (Fsp3) is 0.375. The van der Waals surface area contributed by atoms with Gasteiger partial charge < -0.3 is 18.9 Å². The molecule has 2 amide bonds. The Labute approximate surface area is 240 Å². The van der Waals surface area contributed by atoms with Gasteiger partial charge in [-0.15, -0.1) is 0 Å². The fourth-order valence-corrected chi connectivity index (χ4v) is 5.47. The van der Waals surface area contributed by atoms with Crippen molar-refractivity contribution >= 4 is 22.9 Å². The summed E-state index contributed by atoms with van der Waals surface area (Å²) in [6.07, 6.45) is 4.36. The van der Waals surface area contributed by atoms with E-state index < -0.39 is 4.75 Å². The minimum Gasteiger partial charge on any atom is -0.497 e. The molecule has 0 aliphatic carbocycles. The smallest absolute Gasteiger partial charge is 0.287 e. The van der Waals surface area contributed by atoms with Gasteiger partial charge in [-0.1, -0.05) is 38.8 Å². The quantitative estimate of drug-likeness (QED) is 0.204. The molecule has 7 nitrogen and oxygen atoms in total. The maximum absolute atomic E-state index is 12.4. The highest BCUT2D eigenvalue weighted by Crippen LogP contribution is 2.42.